The van der Waals surface area contributed by atoms with E-state index in [2.05, 4.69) is 12.2 Å². The third-order valence-corrected chi connectivity index (χ3v) is 5.59. The summed E-state index contributed by atoms with van der Waals surface area (Å²) in [6.07, 6.45) is 1.99. The normalized spacial score (nSPS) is 30.4. The molecular formula is C13H18FNOS. The number of nitrogens with one attached hydrogen (secondary N) is 1. The summed E-state index contributed by atoms with van der Waals surface area (Å²) in [6.45, 7) is 2.12. The SMILES string of the molecule is CNC1CCC(S(=O)c2cccc(F)c2)C1C. The summed E-state index contributed by atoms with van der Waals surface area (Å²) in [7, 11) is 0.838. The minimum absolute atomic E-state index is 0.134. The molecule has 4 unspecified atom stereocenters. The van der Waals surface area contributed by atoms with Crippen molar-refractivity contribution in [1.29, 1.82) is 0 Å². The number of halogens is 1. The van der Waals surface area contributed by atoms with Crippen LogP contribution in [0.5, 0.6) is 0 Å². The van der Waals surface area contributed by atoms with E-state index >= 15 is 0 Å². The molecular weight excluding hydrogens is 237 g/mol. The Morgan fingerprint density at radius 2 is 2.18 bits per heavy atom. The van der Waals surface area contributed by atoms with E-state index < -0.39 is 10.8 Å². The van der Waals surface area contributed by atoms with E-state index in [4.69, 9.17) is 0 Å². The molecule has 0 aliphatic heterocycles. The summed E-state index contributed by atoms with van der Waals surface area (Å²) >= 11 is 0. The molecule has 0 aromatic heterocycles. The zero-order valence-corrected chi connectivity index (χ0v) is 11.0. The second-order valence-corrected chi connectivity index (χ2v) is 6.30. The lowest BCUT2D eigenvalue weighted by Gasteiger charge is -2.19. The molecule has 17 heavy (non-hydrogen) atoms. The largest absolute Gasteiger partial charge is 0.317 e. The van der Waals surface area contributed by atoms with Gasteiger partial charge in [-0.3, -0.25) is 4.21 Å². The van der Waals surface area contributed by atoms with E-state index in [0.717, 1.165) is 12.8 Å². The highest BCUT2D eigenvalue weighted by atomic mass is 32.2. The van der Waals surface area contributed by atoms with Gasteiger partial charge in [-0.05, 0) is 44.0 Å². The standard InChI is InChI=1S/C13H18FNOS/c1-9-12(15-2)6-7-13(9)17(16)11-5-3-4-10(14)8-11/h3-5,8-9,12-13,15H,6-7H2,1-2H3. The monoisotopic (exact) mass is 255 g/mol. The van der Waals surface area contributed by atoms with Crippen LogP contribution in [0.4, 0.5) is 4.39 Å². The van der Waals surface area contributed by atoms with E-state index in [1.165, 1.54) is 12.1 Å². The first kappa shape index (κ1) is 12.7. The highest BCUT2D eigenvalue weighted by Gasteiger charge is 2.36. The smallest absolute Gasteiger partial charge is 0.124 e. The van der Waals surface area contributed by atoms with Crippen LogP contribution in [0, 0.1) is 11.7 Å². The van der Waals surface area contributed by atoms with Crippen molar-refractivity contribution in [2.75, 3.05) is 7.05 Å². The number of benzene rings is 1. The van der Waals surface area contributed by atoms with Crippen LogP contribution in [-0.2, 0) is 10.8 Å². The molecule has 0 heterocycles. The van der Waals surface area contributed by atoms with Crippen LogP contribution in [0.2, 0.25) is 0 Å². The predicted octanol–water partition coefficient (Wildman–Crippen LogP) is 2.32. The third-order valence-electron chi connectivity index (χ3n) is 3.66. The molecule has 0 bridgehead atoms. The van der Waals surface area contributed by atoms with Crippen LogP contribution in [0.3, 0.4) is 0 Å². The summed E-state index contributed by atoms with van der Waals surface area (Å²) < 4.78 is 25.5. The Kier molecular flexibility index (Phi) is 3.94. The van der Waals surface area contributed by atoms with E-state index in [9.17, 15) is 8.60 Å². The second kappa shape index (κ2) is 5.27. The molecule has 0 amide bonds. The maximum absolute atomic E-state index is 13.1. The van der Waals surface area contributed by atoms with Gasteiger partial charge in [-0.25, -0.2) is 4.39 Å². The van der Waals surface area contributed by atoms with Gasteiger partial charge in [0.05, 0.1) is 10.8 Å². The van der Waals surface area contributed by atoms with Crippen LogP contribution in [0.1, 0.15) is 19.8 Å². The molecule has 1 aliphatic rings. The van der Waals surface area contributed by atoms with Gasteiger partial charge in [0.15, 0.2) is 0 Å². The topological polar surface area (TPSA) is 29.1 Å². The van der Waals surface area contributed by atoms with Crippen molar-refractivity contribution in [3.05, 3.63) is 30.1 Å². The molecule has 1 aromatic carbocycles. The van der Waals surface area contributed by atoms with Crippen molar-refractivity contribution < 1.29 is 8.60 Å². The minimum Gasteiger partial charge on any atom is -0.317 e. The van der Waals surface area contributed by atoms with Gasteiger partial charge >= 0.3 is 0 Å². The van der Waals surface area contributed by atoms with Crippen LogP contribution in [-0.4, -0.2) is 22.5 Å². The summed E-state index contributed by atoms with van der Waals surface area (Å²) in [5, 5.41) is 3.39. The average Bonchev–Trinajstić information content (AvgIpc) is 2.69. The van der Waals surface area contributed by atoms with Crippen molar-refractivity contribution in [3.63, 3.8) is 0 Å². The molecule has 1 N–H and O–H groups in total. The van der Waals surface area contributed by atoms with Crippen LogP contribution >= 0.6 is 0 Å². The van der Waals surface area contributed by atoms with Crippen molar-refractivity contribution >= 4 is 10.8 Å². The number of hydrogen-bond donors (Lipinski definition) is 1. The summed E-state index contributed by atoms with van der Waals surface area (Å²) in [5.74, 6) is 0.0516. The summed E-state index contributed by atoms with van der Waals surface area (Å²) in [4.78, 5) is 0.610. The Balaban J connectivity index is 2.16. The summed E-state index contributed by atoms with van der Waals surface area (Å²) in [5.41, 5.74) is 0. The van der Waals surface area contributed by atoms with E-state index in [1.807, 2.05) is 7.05 Å². The van der Waals surface area contributed by atoms with E-state index in [-0.39, 0.29) is 11.1 Å². The first-order chi connectivity index (χ1) is 8.13. The van der Waals surface area contributed by atoms with E-state index in [0.29, 0.717) is 16.9 Å². The van der Waals surface area contributed by atoms with Crippen LogP contribution in [0.15, 0.2) is 29.2 Å². The molecule has 1 fully saturated rings. The van der Waals surface area contributed by atoms with Gasteiger partial charge < -0.3 is 5.32 Å². The van der Waals surface area contributed by atoms with Gasteiger partial charge in [0, 0.05) is 16.2 Å². The molecule has 4 heteroatoms. The van der Waals surface area contributed by atoms with Gasteiger partial charge in [-0.2, -0.15) is 0 Å². The first-order valence-electron chi connectivity index (χ1n) is 5.97. The second-order valence-electron chi connectivity index (χ2n) is 4.62. The lowest BCUT2D eigenvalue weighted by molar-refractivity contribution is 0.460. The molecule has 1 aromatic rings. The zero-order valence-electron chi connectivity index (χ0n) is 10.2. The van der Waals surface area contributed by atoms with Gasteiger partial charge in [0.2, 0.25) is 0 Å². The molecule has 0 saturated heterocycles. The Morgan fingerprint density at radius 1 is 1.41 bits per heavy atom. The van der Waals surface area contributed by atoms with Gasteiger partial charge in [-0.1, -0.05) is 13.0 Å². The molecule has 0 radical (unpaired) electrons. The molecule has 4 atom stereocenters. The Hall–Kier alpha value is -0.740. The fourth-order valence-electron chi connectivity index (χ4n) is 2.60. The van der Waals surface area contributed by atoms with Gasteiger partial charge in [0.25, 0.3) is 0 Å². The molecule has 2 rings (SSSR count). The third kappa shape index (κ3) is 2.58. The lowest BCUT2D eigenvalue weighted by atomic mass is 10.1. The molecule has 1 saturated carbocycles. The highest BCUT2D eigenvalue weighted by molar-refractivity contribution is 7.85. The first-order valence-corrected chi connectivity index (χ1v) is 7.18. The van der Waals surface area contributed by atoms with Crippen LogP contribution in [0.25, 0.3) is 0 Å². The van der Waals surface area contributed by atoms with Crippen LogP contribution < -0.4 is 5.32 Å². The van der Waals surface area contributed by atoms with Gasteiger partial charge in [0.1, 0.15) is 5.82 Å². The Labute approximate surface area is 104 Å². The number of hydrogen-bond acceptors (Lipinski definition) is 2. The zero-order chi connectivity index (χ0) is 12.4. The maximum Gasteiger partial charge on any atom is 0.124 e. The molecule has 1 aliphatic carbocycles. The predicted molar refractivity (Wildman–Crippen MR) is 67.8 cm³/mol. The quantitative estimate of drug-likeness (QED) is 0.898. The lowest BCUT2D eigenvalue weighted by Crippen LogP contribution is -2.32. The Morgan fingerprint density at radius 3 is 2.76 bits per heavy atom. The minimum atomic E-state index is -1.10. The van der Waals surface area contributed by atoms with Crippen molar-refractivity contribution in [1.82, 2.24) is 5.32 Å². The fraction of sp³-hybridized carbons (Fsp3) is 0.538. The van der Waals surface area contributed by atoms with Gasteiger partial charge in [-0.15, -0.1) is 0 Å². The maximum atomic E-state index is 13.1. The highest BCUT2D eigenvalue weighted by Crippen LogP contribution is 2.32. The average molecular weight is 255 g/mol. The molecule has 2 nitrogen and oxygen atoms in total. The molecule has 94 valence electrons. The van der Waals surface area contributed by atoms with Crippen molar-refractivity contribution in [2.45, 2.75) is 36.0 Å². The molecule has 0 spiro atoms. The van der Waals surface area contributed by atoms with E-state index in [1.54, 1.807) is 12.1 Å². The number of rotatable bonds is 3. The Bertz CT molecular complexity index is 424. The van der Waals surface area contributed by atoms with Crippen molar-refractivity contribution in [3.8, 4) is 0 Å². The summed E-state index contributed by atoms with van der Waals surface area (Å²) in [6, 6.07) is 6.57. The van der Waals surface area contributed by atoms with Crippen molar-refractivity contribution in [2.24, 2.45) is 5.92 Å². The fourth-order valence-corrected chi connectivity index (χ4v) is 4.33.